The van der Waals surface area contributed by atoms with Crippen LogP contribution < -0.4 is 10.6 Å². The van der Waals surface area contributed by atoms with Crippen LogP contribution >= 0.6 is 0 Å². The van der Waals surface area contributed by atoms with Crippen LogP contribution in [0.4, 0.5) is 0 Å². The molecule has 0 saturated carbocycles. The Labute approximate surface area is 158 Å². The van der Waals surface area contributed by atoms with Crippen LogP contribution in [0.25, 0.3) is 11.1 Å². The molecule has 3 aromatic rings. The van der Waals surface area contributed by atoms with Gasteiger partial charge in [0.15, 0.2) is 5.76 Å². The van der Waals surface area contributed by atoms with Crippen LogP contribution in [0, 0.1) is 0 Å². The minimum atomic E-state index is -0.322. The van der Waals surface area contributed by atoms with Crippen molar-refractivity contribution in [3.63, 3.8) is 0 Å². The van der Waals surface area contributed by atoms with Gasteiger partial charge in [0.05, 0.1) is 12.3 Å². The third kappa shape index (κ3) is 5.07. The molecule has 2 amide bonds. The van der Waals surface area contributed by atoms with Crippen LogP contribution in [-0.4, -0.2) is 18.4 Å². The fourth-order valence-corrected chi connectivity index (χ4v) is 2.78. The topological polar surface area (TPSA) is 71.3 Å². The number of carbonyl (C=O) groups is 2. The summed E-state index contributed by atoms with van der Waals surface area (Å²) in [5, 5.41) is 5.61. The average Bonchev–Trinajstić information content (AvgIpc) is 3.23. The summed E-state index contributed by atoms with van der Waals surface area (Å²) in [5.41, 5.74) is 3.33. The van der Waals surface area contributed by atoms with Gasteiger partial charge in [-0.2, -0.15) is 0 Å². The van der Waals surface area contributed by atoms with Crippen LogP contribution in [0.3, 0.4) is 0 Å². The summed E-state index contributed by atoms with van der Waals surface area (Å²) in [6.45, 7) is 2.20. The van der Waals surface area contributed by atoms with E-state index >= 15 is 0 Å². The third-order valence-electron chi connectivity index (χ3n) is 4.28. The lowest BCUT2D eigenvalue weighted by Gasteiger charge is -2.15. The van der Waals surface area contributed by atoms with Crippen molar-refractivity contribution in [3.05, 3.63) is 84.3 Å². The van der Waals surface area contributed by atoms with E-state index in [1.54, 1.807) is 12.1 Å². The second-order valence-corrected chi connectivity index (χ2v) is 6.26. The van der Waals surface area contributed by atoms with Gasteiger partial charge in [-0.3, -0.25) is 9.59 Å². The Hall–Kier alpha value is -3.34. The SMILES string of the molecule is C[C@H](NC(=O)CCNC(=O)c1ccco1)c1ccc(-c2ccccc2)cc1. The highest BCUT2D eigenvalue weighted by Crippen LogP contribution is 2.21. The molecule has 5 nitrogen and oxygen atoms in total. The Morgan fingerprint density at radius 3 is 2.30 bits per heavy atom. The third-order valence-corrected chi connectivity index (χ3v) is 4.28. The van der Waals surface area contributed by atoms with Gasteiger partial charge in [-0.1, -0.05) is 54.6 Å². The fourth-order valence-electron chi connectivity index (χ4n) is 2.78. The van der Waals surface area contributed by atoms with E-state index in [1.165, 1.54) is 6.26 Å². The molecule has 1 atom stereocenters. The largest absolute Gasteiger partial charge is 0.459 e. The van der Waals surface area contributed by atoms with Gasteiger partial charge in [-0.15, -0.1) is 0 Å². The Bertz CT molecular complexity index is 872. The molecule has 2 N–H and O–H groups in total. The summed E-state index contributed by atoms with van der Waals surface area (Å²) in [6.07, 6.45) is 1.64. The lowest BCUT2D eigenvalue weighted by atomic mass is 10.0. The van der Waals surface area contributed by atoms with Crippen LogP contribution in [-0.2, 0) is 4.79 Å². The highest BCUT2D eigenvalue weighted by Gasteiger charge is 2.12. The highest BCUT2D eigenvalue weighted by atomic mass is 16.3. The molecule has 1 aromatic heterocycles. The van der Waals surface area contributed by atoms with E-state index < -0.39 is 0 Å². The van der Waals surface area contributed by atoms with E-state index in [0.717, 1.165) is 16.7 Å². The van der Waals surface area contributed by atoms with Crippen molar-refractivity contribution in [2.24, 2.45) is 0 Å². The average molecular weight is 362 g/mol. The number of furan rings is 1. The van der Waals surface area contributed by atoms with Gasteiger partial charge >= 0.3 is 0 Å². The standard InChI is InChI=1S/C22H22N2O3/c1-16(17-9-11-19(12-10-17)18-6-3-2-4-7-18)24-21(25)13-14-23-22(26)20-8-5-15-27-20/h2-12,15-16H,13-14H2,1H3,(H,23,26)(H,24,25)/t16-/m0/s1. The minimum Gasteiger partial charge on any atom is -0.459 e. The molecule has 3 rings (SSSR count). The molecule has 5 heteroatoms. The van der Waals surface area contributed by atoms with Crippen LogP contribution in [0.15, 0.2) is 77.4 Å². The molecule has 0 aliphatic heterocycles. The van der Waals surface area contributed by atoms with Gasteiger partial charge in [0.2, 0.25) is 5.91 Å². The summed E-state index contributed by atoms with van der Waals surface area (Å²) >= 11 is 0. The van der Waals surface area contributed by atoms with Crippen molar-refractivity contribution in [2.75, 3.05) is 6.54 Å². The van der Waals surface area contributed by atoms with Gasteiger partial charge in [0.1, 0.15) is 0 Å². The smallest absolute Gasteiger partial charge is 0.286 e. The number of nitrogens with one attached hydrogen (secondary N) is 2. The molecule has 0 bridgehead atoms. The van der Waals surface area contributed by atoms with Crippen molar-refractivity contribution >= 4 is 11.8 Å². The molecule has 0 radical (unpaired) electrons. The zero-order valence-electron chi connectivity index (χ0n) is 15.1. The van der Waals surface area contributed by atoms with Crippen LogP contribution in [0.1, 0.15) is 35.5 Å². The van der Waals surface area contributed by atoms with E-state index in [9.17, 15) is 9.59 Å². The first-order valence-corrected chi connectivity index (χ1v) is 8.90. The Kier molecular flexibility index (Phi) is 6.05. The van der Waals surface area contributed by atoms with Crippen molar-refractivity contribution < 1.29 is 14.0 Å². The predicted molar refractivity (Wildman–Crippen MR) is 104 cm³/mol. The Balaban J connectivity index is 1.47. The molecule has 1 heterocycles. The lowest BCUT2D eigenvalue weighted by molar-refractivity contribution is -0.121. The number of amides is 2. The highest BCUT2D eigenvalue weighted by molar-refractivity contribution is 5.91. The molecule has 0 fully saturated rings. The Morgan fingerprint density at radius 2 is 1.63 bits per heavy atom. The maximum Gasteiger partial charge on any atom is 0.286 e. The molecule has 27 heavy (non-hydrogen) atoms. The second-order valence-electron chi connectivity index (χ2n) is 6.26. The fraction of sp³-hybridized carbons (Fsp3) is 0.182. The van der Waals surface area contributed by atoms with Gasteiger partial charge in [-0.05, 0) is 35.7 Å². The van der Waals surface area contributed by atoms with Crippen molar-refractivity contribution in [1.29, 1.82) is 0 Å². The van der Waals surface area contributed by atoms with E-state index in [1.807, 2.05) is 37.3 Å². The number of hydrogen-bond acceptors (Lipinski definition) is 3. The second kappa shape index (κ2) is 8.85. The number of carbonyl (C=O) groups excluding carboxylic acids is 2. The van der Waals surface area contributed by atoms with Crippen molar-refractivity contribution in [3.8, 4) is 11.1 Å². The molecule has 0 spiro atoms. The number of benzene rings is 2. The zero-order valence-corrected chi connectivity index (χ0v) is 15.1. The molecule has 2 aromatic carbocycles. The zero-order chi connectivity index (χ0) is 19.1. The first-order chi connectivity index (χ1) is 13.1. The molecule has 0 saturated heterocycles. The van der Waals surface area contributed by atoms with Crippen molar-refractivity contribution in [2.45, 2.75) is 19.4 Å². The summed E-state index contributed by atoms with van der Waals surface area (Å²) < 4.78 is 5.00. The van der Waals surface area contributed by atoms with Gasteiger partial charge < -0.3 is 15.1 Å². The first kappa shape index (κ1) is 18.5. The normalized spacial score (nSPS) is 11.6. The van der Waals surface area contributed by atoms with E-state index in [0.29, 0.717) is 0 Å². The van der Waals surface area contributed by atoms with E-state index in [2.05, 4.69) is 34.9 Å². The first-order valence-electron chi connectivity index (χ1n) is 8.90. The monoisotopic (exact) mass is 362 g/mol. The van der Waals surface area contributed by atoms with E-state index in [-0.39, 0.29) is 36.6 Å². The van der Waals surface area contributed by atoms with Gasteiger partial charge in [-0.25, -0.2) is 0 Å². The summed E-state index contributed by atoms with van der Waals surface area (Å²) in [4.78, 5) is 23.8. The number of rotatable bonds is 7. The van der Waals surface area contributed by atoms with Crippen LogP contribution in [0.5, 0.6) is 0 Å². The van der Waals surface area contributed by atoms with Gasteiger partial charge in [0, 0.05) is 13.0 Å². The van der Waals surface area contributed by atoms with Crippen LogP contribution in [0.2, 0.25) is 0 Å². The molecule has 0 aliphatic carbocycles. The molecular weight excluding hydrogens is 340 g/mol. The molecule has 0 unspecified atom stereocenters. The number of hydrogen-bond donors (Lipinski definition) is 2. The molecule has 138 valence electrons. The molecular formula is C22H22N2O3. The summed E-state index contributed by atoms with van der Waals surface area (Å²) in [5.74, 6) is -0.200. The maximum absolute atomic E-state index is 12.1. The Morgan fingerprint density at radius 1 is 0.926 bits per heavy atom. The lowest BCUT2D eigenvalue weighted by Crippen LogP contribution is -2.31. The minimum absolute atomic E-state index is 0.108. The summed E-state index contributed by atoms with van der Waals surface area (Å²) in [7, 11) is 0. The summed E-state index contributed by atoms with van der Waals surface area (Å²) in [6, 6.07) is 21.4. The van der Waals surface area contributed by atoms with Gasteiger partial charge in [0.25, 0.3) is 5.91 Å². The molecule has 0 aliphatic rings. The quantitative estimate of drug-likeness (QED) is 0.669. The predicted octanol–water partition coefficient (Wildman–Crippen LogP) is 3.94. The van der Waals surface area contributed by atoms with E-state index in [4.69, 9.17) is 4.42 Å². The van der Waals surface area contributed by atoms with Crippen molar-refractivity contribution in [1.82, 2.24) is 10.6 Å². The maximum atomic E-state index is 12.1.